The number of carbonyl (C=O) groups is 1. The van der Waals surface area contributed by atoms with E-state index in [2.05, 4.69) is 15.6 Å². The Hall–Kier alpha value is -3.25. The van der Waals surface area contributed by atoms with Crippen LogP contribution in [0.5, 0.6) is 11.5 Å². The summed E-state index contributed by atoms with van der Waals surface area (Å²) in [6.45, 7) is 0.742. The monoisotopic (exact) mass is 397 g/mol. The molecule has 0 radical (unpaired) electrons. The van der Waals surface area contributed by atoms with Crippen molar-refractivity contribution >= 4 is 29.0 Å². The molecule has 0 saturated heterocycles. The SMILES string of the molecule is COc1ccc(OCCNC(=O)c2ccnc(Nc3ccc(Cl)cc3)c2)cc1. The van der Waals surface area contributed by atoms with Crippen LogP contribution in [0, 0.1) is 0 Å². The van der Waals surface area contributed by atoms with Gasteiger partial charge in [-0.15, -0.1) is 0 Å². The minimum atomic E-state index is -0.195. The number of hydrogen-bond donors (Lipinski definition) is 2. The zero-order chi connectivity index (χ0) is 19.8. The second-order valence-corrected chi connectivity index (χ2v) is 6.28. The van der Waals surface area contributed by atoms with E-state index < -0.39 is 0 Å². The molecule has 0 unspecified atom stereocenters. The normalized spacial score (nSPS) is 10.2. The Morgan fingerprint density at radius 1 is 1.04 bits per heavy atom. The van der Waals surface area contributed by atoms with Gasteiger partial charge in [-0.05, 0) is 60.7 Å². The molecule has 3 aromatic rings. The van der Waals surface area contributed by atoms with Crippen molar-refractivity contribution in [2.75, 3.05) is 25.6 Å². The minimum Gasteiger partial charge on any atom is -0.497 e. The molecule has 1 aromatic heterocycles. The molecular weight excluding hydrogens is 378 g/mol. The van der Waals surface area contributed by atoms with Gasteiger partial charge >= 0.3 is 0 Å². The summed E-state index contributed by atoms with van der Waals surface area (Å²) in [6, 6.07) is 17.9. The van der Waals surface area contributed by atoms with Crippen LogP contribution in [0.4, 0.5) is 11.5 Å². The lowest BCUT2D eigenvalue weighted by molar-refractivity contribution is 0.0947. The second kappa shape index (κ2) is 9.62. The lowest BCUT2D eigenvalue weighted by atomic mass is 10.2. The van der Waals surface area contributed by atoms with Crippen molar-refractivity contribution in [1.29, 1.82) is 0 Å². The van der Waals surface area contributed by atoms with Crippen molar-refractivity contribution in [3.8, 4) is 11.5 Å². The lowest BCUT2D eigenvalue weighted by Crippen LogP contribution is -2.28. The molecule has 2 N–H and O–H groups in total. The zero-order valence-corrected chi connectivity index (χ0v) is 16.1. The van der Waals surface area contributed by atoms with Gasteiger partial charge in [-0.3, -0.25) is 4.79 Å². The molecule has 1 heterocycles. The Morgan fingerprint density at radius 2 is 1.75 bits per heavy atom. The van der Waals surface area contributed by atoms with E-state index in [0.29, 0.717) is 35.3 Å². The molecule has 6 nitrogen and oxygen atoms in total. The molecule has 28 heavy (non-hydrogen) atoms. The number of aromatic nitrogens is 1. The van der Waals surface area contributed by atoms with Gasteiger partial charge in [0.05, 0.1) is 13.7 Å². The molecule has 0 spiro atoms. The van der Waals surface area contributed by atoms with Gasteiger partial charge in [-0.1, -0.05) is 11.6 Å². The van der Waals surface area contributed by atoms with Crippen LogP contribution in [-0.2, 0) is 0 Å². The molecule has 7 heteroatoms. The first-order valence-electron chi connectivity index (χ1n) is 8.68. The molecule has 0 atom stereocenters. The molecule has 3 rings (SSSR count). The zero-order valence-electron chi connectivity index (χ0n) is 15.3. The summed E-state index contributed by atoms with van der Waals surface area (Å²) in [6.07, 6.45) is 1.58. The summed E-state index contributed by atoms with van der Waals surface area (Å²) < 4.78 is 10.7. The van der Waals surface area contributed by atoms with Gasteiger partial charge in [0, 0.05) is 22.5 Å². The van der Waals surface area contributed by atoms with Crippen LogP contribution in [0.15, 0.2) is 66.9 Å². The third-order valence-electron chi connectivity index (χ3n) is 3.85. The van der Waals surface area contributed by atoms with Crippen molar-refractivity contribution in [2.24, 2.45) is 0 Å². The number of halogens is 1. The number of benzene rings is 2. The highest BCUT2D eigenvalue weighted by Gasteiger charge is 2.07. The summed E-state index contributed by atoms with van der Waals surface area (Å²) in [5, 5.41) is 6.62. The van der Waals surface area contributed by atoms with Gasteiger partial charge in [0.15, 0.2) is 0 Å². The van der Waals surface area contributed by atoms with Crippen LogP contribution >= 0.6 is 11.6 Å². The molecule has 0 saturated carbocycles. The Bertz CT molecular complexity index is 915. The van der Waals surface area contributed by atoms with E-state index in [1.807, 2.05) is 36.4 Å². The lowest BCUT2D eigenvalue weighted by Gasteiger charge is -2.10. The number of rotatable bonds is 8. The molecule has 2 aromatic carbocycles. The third-order valence-corrected chi connectivity index (χ3v) is 4.11. The number of amides is 1. The number of hydrogen-bond acceptors (Lipinski definition) is 5. The van der Waals surface area contributed by atoms with E-state index in [1.54, 1.807) is 37.6 Å². The number of carbonyl (C=O) groups excluding carboxylic acids is 1. The van der Waals surface area contributed by atoms with Gasteiger partial charge in [-0.25, -0.2) is 4.98 Å². The Balaban J connectivity index is 1.49. The van der Waals surface area contributed by atoms with Crippen molar-refractivity contribution in [3.63, 3.8) is 0 Å². The summed E-state index contributed by atoms with van der Waals surface area (Å²) in [5.74, 6) is 1.86. The largest absolute Gasteiger partial charge is 0.497 e. The van der Waals surface area contributed by atoms with Gasteiger partial charge in [0.1, 0.15) is 23.9 Å². The Morgan fingerprint density at radius 3 is 2.46 bits per heavy atom. The van der Waals surface area contributed by atoms with Gasteiger partial charge in [-0.2, -0.15) is 0 Å². The van der Waals surface area contributed by atoms with E-state index in [4.69, 9.17) is 21.1 Å². The highest BCUT2D eigenvalue weighted by atomic mass is 35.5. The van der Waals surface area contributed by atoms with E-state index >= 15 is 0 Å². The first-order chi connectivity index (χ1) is 13.6. The molecule has 0 fully saturated rings. The maximum atomic E-state index is 12.3. The van der Waals surface area contributed by atoms with E-state index in [1.165, 1.54) is 0 Å². The standard InChI is InChI=1S/C21H20ClN3O3/c1-27-18-6-8-19(9-7-18)28-13-12-24-21(26)15-10-11-23-20(14-15)25-17-4-2-16(22)3-5-17/h2-11,14H,12-13H2,1H3,(H,23,25)(H,24,26). The molecule has 144 valence electrons. The number of pyridine rings is 1. The summed E-state index contributed by atoms with van der Waals surface area (Å²) in [4.78, 5) is 16.6. The van der Waals surface area contributed by atoms with Crippen LogP contribution in [0.3, 0.4) is 0 Å². The van der Waals surface area contributed by atoms with Crippen molar-refractivity contribution in [1.82, 2.24) is 10.3 Å². The molecular formula is C21H20ClN3O3. The van der Waals surface area contributed by atoms with Crippen LogP contribution in [0.2, 0.25) is 5.02 Å². The Kier molecular flexibility index (Phi) is 6.70. The second-order valence-electron chi connectivity index (χ2n) is 5.84. The predicted molar refractivity (Wildman–Crippen MR) is 110 cm³/mol. The van der Waals surface area contributed by atoms with Crippen molar-refractivity contribution < 1.29 is 14.3 Å². The average Bonchev–Trinajstić information content (AvgIpc) is 2.73. The van der Waals surface area contributed by atoms with Gasteiger partial charge in [0.25, 0.3) is 5.91 Å². The molecule has 0 bridgehead atoms. The van der Waals surface area contributed by atoms with Crippen LogP contribution in [0.25, 0.3) is 0 Å². The van der Waals surface area contributed by atoms with E-state index in [-0.39, 0.29) is 5.91 Å². The first-order valence-corrected chi connectivity index (χ1v) is 9.05. The van der Waals surface area contributed by atoms with Gasteiger partial charge in [0.2, 0.25) is 0 Å². The van der Waals surface area contributed by atoms with E-state index in [9.17, 15) is 4.79 Å². The molecule has 1 amide bonds. The number of ether oxygens (including phenoxy) is 2. The maximum absolute atomic E-state index is 12.3. The summed E-state index contributed by atoms with van der Waals surface area (Å²) in [7, 11) is 1.61. The highest BCUT2D eigenvalue weighted by Crippen LogP contribution is 2.18. The minimum absolute atomic E-state index is 0.195. The first kappa shape index (κ1) is 19.5. The molecule has 0 aliphatic rings. The fraction of sp³-hybridized carbons (Fsp3) is 0.143. The smallest absolute Gasteiger partial charge is 0.251 e. The quantitative estimate of drug-likeness (QED) is 0.554. The number of methoxy groups -OCH3 is 1. The van der Waals surface area contributed by atoms with Crippen molar-refractivity contribution in [2.45, 2.75) is 0 Å². The van der Waals surface area contributed by atoms with Crippen LogP contribution in [-0.4, -0.2) is 31.2 Å². The van der Waals surface area contributed by atoms with Crippen LogP contribution < -0.4 is 20.1 Å². The number of nitrogens with one attached hydrogen (secondary N) is 2. The highest BCUT2D eigenvalue weighted by molar-refractivity contribution is 6.30. The summed E-state index contributed by atoms with van der Waals surface area (Å²) in [5.41, 5.74) is 1.35. The predicted octanol–water partition coefficient (Wildman–Crippen LogP) is 4.30. The summed E-state index contributed by atoms with van der Waals surface area (Å²) >= 11 is 5.88. The average molecular weight is 398 g/mol. The molecule has 0 aliphatic carbocycles. The fourth-order valence-corrected chi connectivity index (χ4v) is 2.55. The number of anilines is 2. The number of nitrogens with zero attached hydrogens (tertiary/aromatic N) is 1. The van der Waals surface area contributed by atoms with Gasteiger partial charge < -0.3 is 20.1 Å². The maximum Gasteiger partial charge on any atom is 0.251 e. The fourth-order valence-electron chi connectivity index (χ4n) is 2.43. The third kappa shape index (κ3) is 5.62. The topological polar surface area (TPSA) is 72.5 Å². The molecule has 0 aliphatic heterocycles. The Labute approximate surface area is 168 Å². The van der Waals surface area contributed by atoms with E-state index in [0.717, 1.165) is 11.4 Å². The van der Waals surface area contributed by atoms with Crippen molar-refractivity contribution in [3.05, 3.63) is 77.4 Å². The van der Waals surface area contributed by atoms with Crippen LogP contribution in [0.1, 0.15) is 10.4 Å².